The van der Waals surface area contributed by atoms with Gasteiger partial charge in [-0.3, -0.25) is 9.36 Å². The van der Waals surface area contributed by atoms with Crippen LogP contribution >= 0.6 is 23.1 Å². The molecule has 6 nitrogen and oxygen atoms in total. The molecule has 0 saturated heterocycles. The quantitative estimate of drug-likeness (QED) is 0.633. The molecule has 27 heavy (non-hydrogen) atoms. The first-order valence-electron chi connectivity index (χ1n) is 8.63. The van der Waals surface area contributed by atoms with Gasteiger partial charge in [0.2, 0.25) is 5.91 Å². The first kappa shape index (κ1) is 17.8. The highest BCUT2D eigenvalue weighted by Gasteiger charge is 2.32. The Balaban J connectivity index is 1.55. The molecule has 1 fully saturated rings. The number of benzene rings is 1. The first-order chi connectivity index (χ1) is 13.2. The van der Waals surface area contributed by atoms with Gasteiger partial charge < -0.3 is 5.32 Å². The fourth-order valence-electron chi connectivity index (χ4n) is 2.70. The van der Waals surface area contributed by atoms with E-state index in [4.69, 9.17) is 5.26 Å². The van der Waals surface area contributed by atoms with E-state index in [9.17, 15) is 4.79 Å². The molecule has 1 saturated carbocycles. The standard InChI is InChI=1S/C19H17N5OS2/c1-12(17(25)21-18-14(11-20)9-10-26-18)27-19-23-22-16(13-7-8-13)24(19)15-5-3-2-4-6-15/h2-6,9-10,12-13H,7-8H2,1H3,(H,21,25). The fourth-order valence-corrected chi connectivity index (χ4v) is 4.32. The maximum absolute atomic E-state index is 12.6. The van der Waals surface area contributed by atoms with Gasteiger partial charge in [-0.25, -0.2) is 0 Å². The van der Waals surface area contributed by atoms with Crippen LogP contribution in [0.2, 0.25) is 0 Å². The number of carbonyl (C=O) groups is 1. The van der Waals surface area contributed by atoms with Gasteiger partial charge in [0.15, 0.2) is 5.16 Å². The van der Waals surface area contributed by atoms with Crippen LogP contribution in [0.1, 0.15) is 37.1 Å². The van der Waals surface area contributed by atoms with E-state index in [2.05, 4.69) is 26.2 Å². The van der Waals surface area contributed by atoms with Gasteiger partial charge >= 0.3 is 0 Å². The van der Waals surface area contributed by atoms with E-state index in [1.54, 1.807) is 11.4 Å². The van der Waals surface area contributed by atoms with Crippen molar-refractivity contribution in [2.75, 3.05) is 5.32 Å². The molecule has 0 bridgehead atoms. The maximum atomic E-state index is 12.6. The molecule has 1 amide bonds. The lowest BCUT2D eigenvalue weighted by molar-refractivity contribution is -0.115. The van der Waals surface area contributed by atoms with Gasteiger partial charge in [0.05, 0.1) is 10.8 Å². The molecule has 1 aliphatic carbocycles. The van der Waals surface area contributed by atoms with E-state index in [0.717, 1.165) is 24.4 Å². The van der Waals surface area contributed by atoms with Crippen LogP contribution in [0, 0.1) is 11.3 Å². The van der Waals surface area contributed by atoms with Crippen molar-refractivity contribution in [3.8, 4) is 11.8 Å². The van der Waals surface area contributed by atoms with Crippen LogP contribution < -0.4 is 5.32 Å². The highest BCUT2D eigenvalue weighted by atomic mass is 32.2. The minimum atomic E-state index is -0.377. The Morgan fingerprint density at radius 3 is 2.81 bits per heavy atom. The molecular weight excluding hydrogens is 378 g/mol. The largest absolute Gasteiger partial charge is 0.316 e. The first-order valence-corrected chi connectivity index (χ1v) is 10.4. The topological polar surface area (TPSA) is 83.6 Å². The maximum Gasteiger partial charge on any atom is 0.238 e. The molecule has 0 aliphatic heterocycles. The zero-order chi connectivity index (χ0) is 18.8. The summed E-state index contributed by atoms with van der Waals surface area (Å²) in [6, 6.07) is 13.8. The van der Waals surface area contributed by atoms with Crippen molar-refractivity contribution in [1.29, 1.82) is 5.26 Å². The number of thioether (sulfide) groups is 1. The molecule has 136 valence electrons. The third-order valence-electron chi connectivity index (χ3n) is 4.29. The lowest BCUT2D eigenvalue weighted by Crippen LogP contribution is -2.22. The minimum Gasteiger partial charge on any atom is -0.316 e. The van der Waals surface area contributed by atoms with Crippen molar-refractivity contribution in [1.82, 2.24) is 14.8 Å². The molecule has 0 spiro atoms. The monoisotopic (exact) mass is 395 g/mol. The van der Waals surface area contributed by atoms with Crippen molar-refractivity contribution < 1.29 is 4.79 Å². The Labute approximate surface area is 165 Å². The summed E-state index contributed by atoms with van der Waals surface area (Å²) < 4.78 is 2.05. The average molecular weight is 396 g/mol. The molecule has 3 aromatic rings. The number of rotatable bonds is 6. The summed E-state index contributed by atoms with van der Waals surface area (Å²) in [7, 11) is 0. The van der Waals surface area contributed by atoms with Crippen LogP contribution in [-0.4, -0.2) is 25.9 Å². The highest BCUT2D eigenvalue weighted by Crippen LogP contribution is 2.41. The molecule has 1 atom stereocenters. The molecule has 4 rings (SSSR count). The summed E-state index contributed by atoms with van der Waals surface area (Å²) in [6.45, 7) is 1.83. The predicted octanol–water partition coefficient (Wildman–Crippen LogP) is 4.20. The SMILES string of the molecule is CC(Sc1nnc(C2CC2)n1-c1ccccc1)C(=O)Nc1sccc1C#N. The molecule has 8 heteroatoms. The van der Waals surface area contributed by atoms with E-state index < -0.39 is 0 Å². The van der Waals surface area contributed by atoms with Crippen LogP contribution in [0.15, 0.2) is 46.9 Å². The zero-order valence-corrected chi connectivity index (χ0v) is 16.3. The Bertz CT molecular complexity index is 1000. The van der Waals surface area contributed by atoms with Crippen molar-refractivity contribution in [2.24, 2.45) is 0 Å². The fraction of sp³-hybridized carbons (Fsp3) is 0.263. The van der Waals surface area contributed by atoms with Gasteiger partial charge in [0.25, 0.3) is 0 Å². The van der Waals surface area contributed by atoms with E-state index in [-0.39, 0.29) is 11.2 Å². The van der Waals surface area contributed by atoms with E-state index in [0.29, 0.717) is 21.6 Å². The predicted molar refractivity (Wildman–Crippen MR) is 106 cm³/mol. The van der Waals surface area contributed by atoms with Crippen LogP contribution in [0.3, 0.4) is 0 Å². The number of hydrogen-bond donors (Lipinski definition) is 1. The average Bonchev–Trinajstić information content (AvgIpc) is 3.30. The number of aromatic nitrogens is 3. The number of nitrogens with one attached hydrogen (secondary N) is 1. The molecule has 2 heterocycles. The van der Waals surface area contributed by atoms with Gasteiger partial charge in [0.1, 0.15) is 16.9 Å². The Kier molecular flexibility index (Phi) is 4.97. The smallest absolute Gasteiger partial charge is 0.238 e. The lowest BCUT2D eigenvalue weighted by atomic mass is 10.3. The highest BCUT2D eigenvalue weighted by molar-refractivity contribution is 8.00. The molecular formula is C19H17N5OS2. The summed E-state index contributed by atoms with van der Waals surface area (Å²) in [6.07, 6.45) is 2.25. The molecule has 1 aromatic carbocycles. The second-order valence-electron chi connectivity index (χ2n) is 6.31. The number of para-hydroxylation sites is 1. The molecule has 1 N–H and O–H groups in total. The molecule has 0 radical (unpaired) electrons. The number of hydrogen-bond acceptors (Lipinski definition) is 6. The van der Waals surface area contributed by atoms with Gasteiger partial charge in [-0.05, 0) is 43.3 Å². The minimum absolute atomic E-state index is 0.158. The van der Waals surface area contributed by atoms with Crippen LogP contribution in [0.25, 0.3) is 5.69 Å². The number of amides is 1. The number of anilines is 1. The Hall–Kier alpha value is -2.63. The Morgan fingerprint density at radius 1 is 1.33 bits per heavy atom. The van der Waals surface area contributed by atoms with Crippen molar-refractivity contribution in [3.05, 3.63) is 53.2 Å². The summed E-state index contributed by atoms with van der Waals surface area (Å²) >= 11 is 2.72. The summed E-state index contributed by atoms with van der Waals surface area (Å²) in [5, 5.41) is 23.4. The van der Waals surface area contributed by atoms with Crippen molar-refractivity contribution in [2.45, 2.75) is 36.1 Å². The summed E-state index contributed by atoms with van der Waals surface area (Å²) in [4.78, 5) is 12.6. The van der Waals surface area contributed by atoms with Gasteiger partial charge in [0, 0.05) is 11.6 Å². The molecule has 1 unspecified atom stereocenters. The third kappa shape index (κ3) is 3.75. The van der Waals surface area contributed by atoms with Gasteiger partial charge in [-0.1, -0.05) is 30.0 Å². The summed E-state index contributed by atoms with van der Waals surface area (Å²) in [5.74, 6) is 1.25. The normalized spacial score (nSPS) is 14.5. The van der Waals surface area contributed by atoms with Crippen LogP contribution in [0.5, 0.6) is 0 Å². The molecule has 1 aliphatic rings. The third-order valence-corrected chi connectivity index (χ3v) is 6.16. The second kappa shape index (κ2) is 7.55. The molecule has 2 aromatic heterocycles. The van der Waals surface area contributed by atoms with Crippen LogP contribution in [0.4, 0.5) is 5.00 Å². The zero-order valence-electron chi connectivity index (χ0n) is 14.6. The van der Waals surface area contributed by atoms with Crippen LogP contribution in [-0.2, 0) is 4.79 Å². The summed E-state index contributed by atoms with van der Waals surface area (Å²) in [5.41, 5.74) is 1.48. The number of carbonyl (C=O) groups excluding carboxylic acids is 1. The van der Waals surface area contributed by atoms with E-state index in [1.165, 1.54) is 23.1 Å². The number of thiophene rings is 1. The second-order valence-corrected chi connectivity index (χ2v) is 8.53. The van der Waals surface area contributed by atoms with Gasteiger partial charge in [-0.15, -0.1) is 21.5 Å². The van der Waals surface area contributed by atoms with E-state index >= 15 is 0 Å². The number of nitriles is 1. The Morgan fingerprint density at radius 2 is 2.11 bits per heavy atom. The lowest BCUT2D eigenvalue weighted by Gasteiger charge is -2.13. The van der Waals surface area contributed by atoms with Crippen molar-refractivity contribution in [3.63, 3.8) is 0 Å². The van der Waals surface area contributed by atoms with Gasteiger partial charge in [-0.2, -0.15) is 5.26 Å². The van der Waals surface area contributed by atoms with E-state index in [1.807, 2.05) is 37.3 Å². The number of nitrogens with zero attached hydrogens (tertiary/aromatic N) is 4. The van der Waals surface area contributed by atoms with Crippen molar-refractivity contribution >= 4 is 34.0 Å².